The van der Waals surface area contributed by atoms with Crippen molar-refractivity contribution in [2.24, 2.45) is 0 Å². The first-order valence-corrected chi connectivity index (χ1v) is 43.9. The van der Waals surface area contributed by atoms with Gasteiger partial charge in [0.2, 0.25) is 21.5 Å². The Balaban J connectivity index is 1.24. The molecule has 12 aromatic rings. The highest BCUT2D eigenvalue weighted by molar-refractivity contribution is 7.94. The Morgan fingerprint density at radius 1 is 0.307 bits per heavy atom. The van der Waals surface area contributed by atoms with Gasteiger partial charge in [-0.1, -0.05) is 344 Å². The quantitative estimate of drug-likeness (QED) is 0.0556. The summed E-state index contributed by atoms with van der Waals surface area (Å²) in [6, 6.07) is 105. The summed E-state index contributed by atoms with van der Waals surface area (Å²) in [5.74, 6) is 2.12. The van der Waals surface area contributed by atoms with Crippen molar-refractivity contribution in [1.29, 1.82) is 0 Å². The summed E-state index contributed by atoms with van der Waals surface area (Å²) >= 11 is -0.841. The molecule has 0 aliphatic rings. The second kappa shape index (κ2) is 28.3. The molecule has 1 heterocycles. The van der Waals surface area contributed by atoms with Crippen molar-refractivity contribution in [3.05, 3.63) is 314 Å². The minimum absolute atomic E-state index is 0.0449. The third-order valence-corrected chi connectivity index (χ3v) is 41.4. The van der Waals surface area contributed by atoms with Crippen LogP contribution in [-0.4, -0.2) is 38.0 Å². The van der Waals surface area contributed by atoms with Gasteiger partial charge in [0.05, 0.1) is 0 Å². The molecule has 7 nitrogen and oxygen atoms in total. The van der Waals surface area contributed by atoms with Gasteiger partial charge in [0, 0.05) is 17.7 Å². The highest BCUT2D eigenvalue weighted by Gasteiger charge is 2.58. The molecular weight excluding hydrogens is 1330 g/mol. The highest BCUT2D eigenvalue weighted by atomic mass is 32.2. The Bertz CT molecular complexity index is 4670. The summed E-state index contributed by atoms with van der Waals surface area (Å²) in [5.41, 5.74) is 0.408. The van der Waals surface area contributed by atoms with Crippen molar-refractivity contribution in [1.82, 2.24) is 0 Å². The molecule has 0 saturated heterocycles. The van der Waals surface area contributed by atoms with Gasteiger partial charge in [-0.25, -0.2) is 0 Å². The maximum absolute atomic E-state index is 17.7. The van der Waals surface area contributed by atoms with E-state index in [-0.39, 0.29) is 27.2 Å². The van der Waals surface area contributed by atoms with Crippen LogP contribution in [0.15, 0.2) is 317 Å². The van der Waals surface area contributed by atoms with Crippen LogP contribution in [0.4, 0.5) is 0 Å². The monoisotopic (exact) mass is 1420 g/mol. The van der Waals surface area contributed by atoms with E-state index < -0.39 is 70.0 Å². The van der Waals surface area contributed by atoms with Gasteiger partial charge < -0.3 is 22.1 Å². The van der Waals surface area contributed by atoms with Gasteiger partial charge in [0.1, 0.15) is 28.2 Å². The lowest BCUT2D eigenvalue weighted by atomic mass is 10.1. The van der Waals surface area contributed by atoms with E-state index in [2.05, 4.69) is 353 Å². The second-order valence-electron chi connectivity index (χ2n) is 31.4. The fraction of sp³-hybridized carbons (Fsp3) is 0.225. The molecule has 0 spiro atoms. The average Bonchev–Trinajstić information content (AvgIpc) is 0.730. The third-order valence-electron chi connectivity index (χ3n) is 19.5. The van der Waals surface area contributed by atoms with Crippen LogP contribution in [0, 0.1) is 0 Å². The van der Waals surface area contributed by atoms with Gasteiger partial charge >= 0.3 is 33.3 Å². The predicted octanol–water partition coefficient (Wildman–Crippen LogP) is 18.0. The molecular formula is C89H95O7SSi4+. The molecule has 514 valence electrons. The zero-order chi connectivity index (χ0) is 71.6. The standard InChI is InChI=1S/C89H95O7SSi4/c1-85(2,3)97(68-43-25-16-26-44-68)92-67-64-79-81(80(65-67)95-100(88(10,11)12,73-53-35-21-36-54-73)74-55-37-22-38-56-74)82(90)84(96-101(89(13,14)15,75-57-39-23-40-58-75)76-59-41-24-42-60-76)83(91-79)66-61-62-77(93-98(86(4,5)6,69-45-27-17-28-46-69)70-47-29-18-30-48-70)78(63-66)94-99(87(7,8)9,71-49-31-19-32-50-71)72-51-33-20-34-52-72/h16-65H,1-15H3/q+1. The number of hydrogen-bond acceptors (Lipinski definition) is 7. The third kappa shape index (κ3) is 13.6. The van der Waals surface area contributed by atoms with Gasteiger partial charge in [0.15, 0.2) is 22.0 Å². The molecule has 0 fully saturated rings. The second-order valence-corrected chi connectivity index (χ2v) is 50.7. The van der Waals surface area contributed by atoms with Crippen molar-refractivity contribution < 1.29 is 26.3 Å². The van der Waals surface area contributed by atoms with E-state index in [1.807, 2.05) is 54.6 Å². The Labute approximate surface area is 606 Å². The Morgan fingerprint density at radius 2 is 0.594 bits per heavy atom. The molecule has 1 atom stereocenters. The van der Waals surface area contributed by atoms with Gasteiger partial charge in [-0.2, -0.15) is 0 Å². The lowest BCUT2D eigenvalue weighted by molar-refractivity contribution is 0.454. The summed E-state index contributed by atoms with van der Waals surface area (Å²) in [7, 11) is -14.2. The van der Waals surface area contributed by atoms with E-state index in [1.54, 1.807) is 0 Å². The van der Waals surface area contributed by atoms with Crippen molar-refractivity contribution in [3.8, 4) is 40.1 Å². The summed E-state index contributed by atoms with van der Waals surface area (Å²) < 4.78 is 48.1. The van der Waals surface area contributed by atoms with E-state index in [1.165, 1.54) is 0 Å². The molecule has 12 rings (SSSR count). The SMILES string of the molecule is CC(C)(C)[S+](Oc1cc(O[Si](c2ccccc2)(c2ccccc2)C(C)(C)C)c2c(=O)c(O[Si](c3ccccc3)(c3ccccc3)C(C)(C)C)c(-c3ccc(O[Si](c4ccccc4)(c4ccccc4)C(C)(C)C)c(O[Si](c4ccccc4)(c4ccccc4)C(C)(C)C)c3)oc2c1)c1ccccc1. The lowest BCUT2D eigenvalue weighted by Crippen LogP contribution is -2.69. The van der Waals surface area contributed by atoms with Crippen LogP contribution in [0.3, 0.4) is 0 Å². The summed E-state index contributed by atoms with van der Waals surface area (Å²) in [5, 5.41) is 6.60. The van der Waals surface area contributed by atoms with Crippen molar-refractivity contribution >= 4 is 96.9 Å². The Kier molecular flexibility index (Phi) is 20.1. The fourth-order valence-electron chi connectivity index (χ4n) is 14.9. The maximum Gasteiger partial charge on any atom is 0.320 e. The number of benzene rings is 11. The topological polar surface area (TPSA) is 76.4 Å². The Hall–Kier alpha value is -9.15. The van der Waals surface area contributed by atoms with Gasteiger partial charge in [-0.15, -0.1) is 0 Å². The van der Waals surface area contributed by atoms with Crippen LogP contribution in [0.1, 0.15) is 104 Å². The summed E-state index contributed by atoms with van der Waals surface area (Å²) in [6.07, 6.45) is 0. The fourth-order valence-corrected chi connectivity index (χ4v) is 34.3. The zero-order valence-corrected chi connectivity index (χ0v) is 65.9. The average molecular weight is 1420 g/mol. The lowest BCUT2D eigenvalue weighted by Gasteiger charge is -2.45. The van der Waals surface area contributed by atoms with Crippen LogP contribution in [0.5, 0.6) is 28.7 Å². The van der Waals surface area contributed by atoms with E-state index in [0.717, 1.165) is 46.4 Å². The highest BCUT2D eigenvalue weighted by Crippen LogP contribution is 2.49. The van der Waals surface area contributed by atoms with Gasteiger partial charge in [0.25, 0.3) is 0 Å². The van der Waals surface area contributed by atoms with Gasteiger partial charge in [-0.05, 0) is 113 Å². The van der Waals surface area contributed by atoms with Crippen LogP contribution in [0.2, 0.25) is 20.2 Å². The minimum atomic E-state index is -3.73. The van der Waals surface area contributed by atoms with Crippen LogP contribution in [0.25, 0.3) is 22.3 Å². The number of rotatable bonds is 20. The normalized spacial score (nSPS) is 13.1. The first-order valence-electron chi connectivity index (χ1n) is 35.1. The largest absolute Gasteiger partial charge is 0.533 e. The van der Waals surface area contributed by atoms with Crippen LogP contribution in [-0.2, 0) is 11.2 Å². The predicted molar refractivity (Wildman–Crippen MR) is 433 cm³/mol. The van der Waals surface area contributed by atoms with E-state index in [4.69, 9.17) is 26.3 Å². The minimum Gasteiger partial charge on any atom is -0.533 e. The smallest absolute Gasteiger partial charge is 0.320 e. The van der Waals surface area contributed by atoms with Crippen LogP contribution < -0.4 is 68.8 Å². The molecule has 0 aliphatic heterocycles. The molecule has 0 amide bonds. The molecule has 0 aliphatic carbocycles. The molecule has 0 radical (unpaired) electrons. The molecule has 0 N–H and O–H groups in total. The molecule has 101 heavy (non-hydrogen) atoms. The maximum atomic E-state index is 17.7. The first-order chi connectivity index (χ1) is 48.1. The zero-order valence-electron chi connectivity index (χ0n) is 61.1. The van der Waals surface area contributed by atoms with E-state index in [0.29, 0.717) is 28.6 Å². The molecule has 0 bridgehead atoms. The van der Waals surface area contributed by atoms with Crippen molar-refractivity contribution in [2.75, 3.05) is 0 Å². The Morgan fingerprint density at radius 3 is 0.901 bits per heavy atom. The van der Waals surface area contributed by atoms with E-state index in [9.17, 15) is 0 Å². The molecule has 1 aromatic heterocycles. The van der Waals surface area contributed by atoms with Crippen molar-refractivity contribution in [2.45, 2.75) is 134 Å². The van der Waals surface area contributed by atoms with E-state index >= 15 is 4.79 Å². The number of fused-ring (bicyclic) bond motifs is 1. The van der Waals surface area contributed by atoms with Crippen LogP contribution >= 0.6 is 0 Å². The molecule has 12 heteroatoms. The van der Waals surface area contributed by atoms with Gasteiger partial charge in [-0.3, -0.25) is 8.98 Å². The molecule has 1 unspecified atom stereocenters. The number of hydrogen-bond donors (Lipinski definition) is 0. The summed E-state index contributed by atoms with van der Waals surface area (Å²) in [6.45, 7) is 33.8. The first kappa shape index (κ1) is 71.7. The van der Waals surface area contributed by atoms with Crippen molar-refractivity contribution in [3.63, 3.8) is 0 Å². The summed E-state index contributed by atoms with van der Waals surface area (Å²) in [4.78, 5) is 18.7. The molecule has 0 saturated carbocycles. The molecule has 11 aromatic carbocycles.